The van der Waals surface area contributed by atoms with Gasteiger partial charge in [0.15, 0.2) is 0 Å². The van der Waals surface area contributed by atoms with Gasteiger partial charge in [0.2, 0.25) is 3.79 Å². The molecule has 0 bridgehead atoms. The number of aromatic nitrogens is 1. The van der Waals surface area contributed by atoms with E-state index in [4.69, 9.17) is 39.9 Å². The molecule has 0 unspecified atom stereocenters. The molecule has 1 amide bonds. The first-order valence-electron chi connectivity index (χ1n) is 4.61. The number of hydrogen-bond acceptors (Lipinski definition) is 2. The van der Waals surface area contributed by atoms with Crippen molar-refractivity contribution in [3.8, 4) is 0 Å². The van der Waals surface area contributed by atoms with E-state index >= 15 is 0 Å². The summed E-state index contributed by atoms with van der Waals surface area (Å²) in [5.41, 5.74) is -1.53. The van der Waals surface area contributed by atoms with Crippen LogP contribution in [0.15, 0.2) is 18.3 Å². The first-order valence-corrected chi connectivity index (χ1v) is 5.74. The summed E-state index contributed by atoms with van der Waals surface area (Å²) in [6, 6.07) is 1.63. The molecule has 0 radical (unpaired) electrons. The van der Waals surface area contributed by atoms with E-state index in [2.05, 4.69) is 4.98 Å². The Kier molecular flexibility index (Phi) is 4.76. The SMILES string of the molecule is O=C(O)N(CC(Cl)(Cl)Cl)c1ccnc(C(F)(F)F)c1. The van der Waals surface area contributed by atoms with Crippen LogP contribution in [0.5, 0.6) is 0 Å². The Morgan fingerprint density at radius 3 is 2.37 bits per heavy atom. The molecule has 1 heterocycles. The molecule has 10 heteroatoms. The Morgan fingerprint density at radius 2 is 1.95 bits per heavy atom. The predicted molar refractivity (Wildman–Crippen MR) is 64.9 cm³/mol. The van der Waals surface area contributed by atoms with Gasteiger partial charge < -0.3 is 5.11 Å². The van der Waals surface area contributed by atoms with Gasteiger partial charge >= 0.3 is 12.3 Å². The molecule has 0 atom stereocenters. The fraction of sp³-hybridized carbons (Fsp3) is 0.333. The van der Waals surface area contributed by atoms with Gasteiger partial charge in [-0.1, -0.05) is 34.8 Å². The van der Waals surface area contributed by atoms with Gasteiger partial charge in [-0.2, -0.15) is 13.2 Å². The molecule has 0 aliphatic heterocycles. The molecule has 0 aliphatic carbocycles. The second-order valence-corrected chi connectivity index (χ2v) is 5.90. The normalized spacial score (nSPS) is 12.3. The number of carboxylic acid groups (broad SMARTS) is 1. The molecule has 0 fully saturated rings. The smallest absolute Gasteiger partial charge is 0.433 e. The lowest BCUT2D eigenvalue weighted by Crippen LogP contribution is -2.36. The average molecular weight is 338 g/mol. The molecule has 0 aromatic carbocycles. The third-order valence-electron chi connectivity index (χ3n) is 1.91. The highest BCUT2D eigenvalue weighted by Crippen LogP contribution is 2.32. The second kappa shape index (κ2) is 5.60. The predicted octanol–water partition coefficient (Wildman–Crippen LogP) is 3.96. The van der Waals surface area contributed by atoms with Crippen LogP contribution in [0.1, 0.15) is 5.69 Å². The van der Waals surface area contributed by atoms with Crippen molar-refractivity contribution in [1.29, 1.82) is 0 Å². The number of alkyl halides is 6. The first-order chi connectivity index (χ1) is 8.50. The number of hydrogen-bond donors (Lipinski definition) is 1. The van der Waals surface area contributed by atoms with Crippen molar-refractivity contribution >= 4 is 46.6 Å². The summed E-state index contributed by atoms with van der Waals surface area (Å²) in [5, 5.41) is 8.93. The fourth-order valence-electron chi connectivity index (χ4n) is 1.19. The van der Waals surface area contributed by atoms with E-state index in [0.29, 0.717) is 11.0 Å². The van der Waals surface area contributed by atoms with Crippen molar-refractivity contribution < 1.29 is 23.1 Å². The standard InChI is InChI=1S/C9H6Cl3F3N2O2/c10-8(11,12)4-17(7(18)19)5-1-2-16-6(3-5)9(13,14)15/h1-3H,4H2,(H,18,19). The molecule has 4 nitrogen and oxygen atoms in total. The zero-order chi connectivity index (χ0) is 14.8. The van der Waals surface area contributed by atoms with Gasteiger partial charge in [-0.05, 0) is 12.1 Å². The molecule has 1 N–H and O–H groups in total. The summed E-state index contributed by atoms with van der Waals surface area (Å²) in [7, 11) is 0. The largest absolute Gasteiger partial charge is 0.465 e. The van der Waals surface area contributed by atoms with Gasteiger partial charge in [-0.3, -0.25) is 9.88 Å². The molecule has 106 valence electrons. The monoisotopic (exact) mass is 336 g/mol. The van der Waals surface area contributed by atoms with Crippen molar-refractivity contribution in [1.82, 2.24) is 4.98 Å². The molecule has 0 spiro atoms. The highest BCUT2D eigenvalue weighted by Gasteiger charge is 2.34. The summed E-state index contributed by atoms with van der Waals surface area (Å²) in [5.74, 6) is 0. The number of halogens is 6. The highest BCUT2D eigenvalue weighted by atomic mass is 35.6. The molecule has 19 heavy (non-hydrogen) atoms. The van der Waals surface area contributed by atoms with E-state index in [1.54, 1.807) is 0 Å². The Balaban J connectivity index is 3.14. The maximum atomic E-state index is 12.5. The molecule has 1 rings (SSSR count). The average Bonchev–Trinajstić information content (AvgIpc) is 2.23. The van der Waals surface area contributed by atoms with E-state index < -0.39 is 28.3 Å². The van der Waals surface area contributed by atoms with Crippen LogP contribution in [0.25, 0.3) is 0 Å². The molecule has 1 aromatic heterocycles. The minimum absolute atomic E-state index is 0.291. The maximum absolute atomic E-state index is 12.5. The second-order valence-electron chi connectivity index (χ2n) is 3.38. The lowest BCUT2D eigenvalue weighted by molar-refractivity contribution is -0.141. The van der Waals surface area contributed by atoms with Crippen LogP contribution >= 0.6 is 34.8 Å². The van der Waals surface area contributed by atoms with Gasteiger partial charge in [0, 0.05) is 6.20 Å². The number of carbonyl (C=O) groups is 1. The molecule has 0 aliphatic rings. The van der Waals surface area contributed by atoms with Crippen LogP contribution in [-0.2, 0) is 6.18 Å². The van der Waals surface area contributed by atoms with E-state index in [1.807, 2.05) is 0 Å². The van der Waals surface area contributed by atoms with E-state index in [1.165, 1.54) is 0 Å². The quantitative estimate of drug-likeness (QED) is 0.831. The van der Waals surface area contributed by atoms with Crippen LogP contribution in [0, 0.1) is 0 Å². The first kappa shape index (κ1) is 16.1. The summed E-state index contributed by atoms with van der Waals surface area (Å²) in [4.78, 5) is 14.6. The van der Waals surface area contributed by atoms with Crippen molar-refractivity contribution in [3.05, 3.63) is 24.0 Å². The Bertz CT molecular complexity index is 477. The third kappa shape index (κ3) is 4.93. The van der Waals surface area contributed by atoms with Crippen molar-refractivity contribution in [2.75, 3.05) is 11.4 Å². The summed E-state index contributed by atoms with van der Waals surface area (Å²) in [6.07, 6.45) is -5.42. The van der Waals surface area contributed by atoms with Crippen molar-refractivity contribution in [2.45, 2.75) is 9.97 Å². The summed E-state index contributed by atoms with van der Waals surface area (Å²) >= 11 is 16.3. The van der Waals surface area contributed by atoms with Crippen LogP contribution in [0.4, 0.5) is 23.7 Å². The Hall–Kier alpha value is -0.920. The zero-order valence-corrected chi connectivity index (χ0v) is 11.2. The Labute approximate surface area is 120 Å². The fourth-order valence-corrected chi connectivity index (χ4v) is 1.55. The minimum Gasteiger partial charge on any atom is -0.465 e. The topological polar surface area (TPSA) is 53.4 Å². The van der Waals surface area contributed by atoms with Gasteiger partial charge in [0.05, 0.1) is 12.2 Å². The highest BCUT2D eigenvalue weighted by molar-refractivity contribution is 6.68. The van der Waals surface area contributed by atoms with Gasteiger partial charge in [-0.25, -0.2) is 4.79 Å². The lowest BCUT2D eigenvalue weighted by atomic mass is 10.3. The number of pyridine rings is 1. The molecule has 1 aromatic rings. The summed E-state index contributed by atoms with van der Waals surface area (Å²) in [6.45, 7) is -0.617. The van der Waals surface area contributed by atoms with Crippen LogP contribution in [0.2, 0.25) is 0 Å². The molecular formula is C9H6Cl3F3N2O2. The summed E-state index contributed by atoms with van der Waals surface area (Å²) < 4.78 is 35.4. The number of anilines is 1. The lowest BCUT2D eigenvalue weighted by Gasteiger charge is -2.23. The van der Waals surface area contributed by atoms with E-state index in [0.717, 1.165) is 12.3 Å². The van der Waals surface area contributed by atoms with Crippen LogP contribution in [-0.4, -0.2) is 26.5 Å². The zero-order valence-electron chi connectivity index (χ0n) is 8.96. The molecular weight excluding hydrogens is 331 g/mol. The number of amides is 1. The number of rotatable bonds is 2. The van der Waals surface area contributed by atoms with Gasteiger partial charge in [-0.15, -0.1) is 0 Å². The Morgan fingerprint density at radius 1 is 1.37 bits per heavy atom. The van der Waals surface area contributed by atoms with Crippen LogP contribution in [0.3, 0.4) is 0 Å². The molecule has 0 saturated heterocycles. The van der Waals surface area contributed by atoms with Gasteiger partial charge in [0.25, 0.3) is 0 Å². The minimum atomic E-state index is -4.69. The third-order valence-corrected chi connectivity index (χ3v) is 2.27. The maximum Gasteiger partial charge on any atom is 0.433 e. The van der Waals surface area contributed by atoms with Crippen molar-refractivity contribution in [2.24, 2.45) is 0 Å². The number of nitrogens with zero attached hydrogens (tertiary/aromatic N) is 2. The van der Waals surface area contributed by atoms with Gasteiger partial charge in [0.1, 0.15) is 5.69 Å². The molecule has 0 saturated carbocycles. The van der Waals surface area contributed by atoms with Crippen LogP contribution < -0.4 is 4.90 Å². The van der Waals surface area contributed by atoms with E-state index in [-0.39, 0.29) is 5.69 Å². The van der Waals surface area contributed by atoms with Crippen molar-refractivity contribution in [3.63, 3.8) is 0 Å². The van der Waals surface area contributed by atoms with E-state index in [9.17, 15) is 18.0 Å².